The van der Waals surface area contributed by atoms with E-state index in [0.29, 0.717) is 11.0 Å². The van der Waals surface area contributed by atoms with E-state index < -0.39 is 0 Å². The van der Waals surface area contributed by atoms with Gasteiger partial charge in [-0.1, -0.05) is 25.4 Å². The van der Waals surface area contributed by atoms with Gasteiger partial charge in [0.15, 0.2) is 5.78 Å². The van der Waals surface area contributed by atoms with Gasteiger partial charge in [0.05, 0.1) is 0 Å². The highest BCUT2D eigenvalue weighted by Gasteiger charge is 1.92. The third-order valence-corrected chi connectivity index (χ3v) is 1.48. The van der Waals surface area contributed by atoms with Gasteiger partial charge in [-0.05, 0) is 31.9 Å². The molecule has 0 unspecified atom stereocenters. The van der Waals surface area contributed by atoms with E-state index in [2.05, 4.69) is 4.99 Å². The van der Waals surface area contributed by atoms with Crippen LogP contribution in [0.4, 0.5) is 0 Å². The number of ketones is 1. The van der Waals surface area contributed by atoms with E-state index in [-0.39, 0.29) is 5.78 Å². The summed E-state index contributed by atoms with van der Waals surface area (Å²) in [7, 11) is 0. The van der Waals surface area contributed by atoms with Crippen LogP contribution in [-0.2, 0) is 4.79 Å². The van der Waals surface area contributed by atoms with Crippen LogP contribution in [-0.4, -0.2) is 12.0 Å². The van der Waals surface area contributed by atoms with Gasteiger partial charge in [0, 0.05) is 16.9 Å². The molecular weight excluding hydrogens is 198 g/mol. The van der Waals surface area contributed by atoms with Crippen LogP contribution >= 0.6 is 11.6 Å². The molecule has 0 spiro atoms. The van der Waals surface area contributed by atoms with E-state index in [1.165, 1.54) is 13.0 Å². The van der Waals surface area contributed by atoms with E-state index in [4.69, 9.17) is 11.6 Å². The van der Waals surface area contributed by atoms with E-state index in [0.717, 1.165) is 5.70 Å². The standard InChI is InChI=1S/C11H16ClNO/c1-8(2)7-13-9(3)5-11(12)6-10(4)14/h5-8H,1-4H3/b9-5+,11-6+,13-7?. The van der Waals surface area contributed by atoms with Gasteiger partial charge >= 0.3 is 0 Å². The number of allylic oxidation sites excluding steroid dienone is 4. The summed E-state index contributed by atoms with van der Waals surface area (Å²) in [6.45, 7) is 7.39. The second kappa shape index (κ2) is 6.55. The molecule has 0 aromatic carbocycles. The third kappa shape index (κ3) is 7.74. The van der Waals surface area contributed by atoms with Crippen LogP contribution in [0.25, 0.3) is 0 Å². The van der Waals surface area contributed by atoms with Crippen molar-refractivity contribution in [2.45, 2.75) is 27.7 Å². The maximum atomic E-state index is 10.7. The van der Waals surface area contributed by atoms with Crippen molar-refractivity contribution < 1.29 is 4.79 Å². The highest BCUT2D eigenvalue weighted by molar-refractivity contribution is 6.32. The molecule has 2 nitrogen and oxygen atoms in total. The molecular formula is C11H16ClNO. The zero-order chi connectivity index (χ0) is 11.1. The number of rotatable bonds is 4. The molecule has 0 bridgehead atoms. The van der Waals surface area contributed by atoms with Gasteiger partial charge in [-0.15, -0.1) is 0 Å². The highest BCUT2D eigenvalue weighted by atomic mass is 35.5. The maximum absolute atomic E-state index is 10.7. The number of hydrogen-bond acceptors (Lipinski definition) is 2. The van der Waals surface area contributed by atoms with Crippen LogP contribution in [0.2, 0.25) is 0 Å². The molecule has 0 aliphatic heterocycles. The Morgan fingerprint density at radius 3 is 2.29 bits per heavy atom. The summed E-state index contributed by atoms with van der Waals surface area (Å²) < 4.78 is 0. The Morgan fingerprint density at radius 1 is 1.29 bits per heavy atom. The average Bonchev–Trinajstić information content (AvgIpc) is 1.98. The van der Waals surface area contributed by atoms with Gasteiger partial charge in [0.1, 0.15) is 0 Å². The molecule has 0 aliphatic rings. The van der Waals surface area contributed by atoms with Crippen LogP contribution in [0.15, 0.2) is 27.9 Å². The van der Waals surface area contributed by atoms with E-state index in [1.807, 2.05) is 27.0 Å². The molecule has 0 aromatic heterocycles. The summed E-state index contributed by atoms with van der Waals surface area (Å²) >= 11 is 5.78. The molecule has 0 atom stereocenters. The summed E-state index contributed by atoms with van der Waals surface area (Å²) in [6.07, 6.45) is 4.88. The molecule has 0 heterocycles. The number of hydrogen-bond donors (Lipinski definition) is 0. The van der Waals surface area contributed by atoms with E-state index in [9.17, 15) is 4.79 Å². The number of halogens is 1. The van der Waals surface area contributed by atoms with Crippen LogP contribution in [0, 0.1) is 5.92 Å². The molecule has 0 radical (unpaired) electrons. The van der Waals surface area contributed by atoms with Gasteiger partial charge in [-0.3, -0.25) is 9.79 Å². The number of carbonyl (C=O) groups excluding carboxylic acids is 1. The lowest BCUT2D eigenvalue weighted by Crippen LogP contribution is -1.87. The first-order valence-corrected chi connectivity index (χ1v) is 4.90. The molecule has 0 amide bonds. The zero-order valence-corrected chi connectivity index (χ0v) is 9.80. The van der Waals surface area contributed by atoms with Crippen LogP contribution in [0.3, 0.4) is 0 Å². The fraction of sp³-hybridized carbons (Fsp3) is 0.455. The van der Waals surface area contributed by atoms with Gasteiger partial charge in [0.25, 0.3) is 0 Å². The van der Waals surface area contributed by atoms with Gasteiger partial charge in [-0.25, -0.2) is 0 Å². The second-order valence-corrected chi connectivity index (χ2v) is 3.88. The Labute approximate surface area is 90.4 Å². The minimum absolute atomic E-state index is 0.0631. The normalized spacial score (nSPS) is 14.1. The summed E-state index contributed by atoms with van der Waals surface area (Å²) in [5.74, 6) is 0.348. The van der Waals surface area contributed by atoms with Crippen molar-refractivity contribution in [3.8, 4) is 0 Å². The molecule has 0 fully saturated rings. The molecule has 0 aromatic rings. The van der Waals surface area contributed by atoms with Crippen molar-refractivity contribution >= 4 is 23.6 Å². The molecule has 14 heavy (non-hydrogen) atoms. The monoisotopic (exact) mass is 213 g/mol. The summed E-state index contributed by atoms with van der Waals surface area (Å²) in [4.78, 5) is 14.8. The first-order valence-electron chi connectivity index (χ1n) is 4.52. The highest BCUT2D eigenvalue weighted by Crippen LogP contribution is 2.08. The first kappa shape index (κ1) is 13.1. The fourth-order valence-electron chi connectivity index (χ4n) is 0.739. The van der Waals surface area contributed by atoms with Crippen molar-refractivity contribution in [2.75, 3.05) is 0 Å². The summed E-state index contributed by atoms with van der Waals surface area (Å²) in [5, 5.41) is 0.413. The summed E-state index contributed by atoms with van der Waals surface area (Å²) in [6, 6.07) is 0. The summed E-state index contributed by atoms with van der Waals surface area (Å²) in [5.41, 5.74) is 0.793. The number of nitrogens with zero attached hydrogens (tertiary/aromatic N) is 1. The first-order chi connectivity index (χ1) is 6.41. The molecule has 0 N–H and O–H groups in total. The Balaban J connectivity index is 4.45. The molecule has 0 saturated heterocycles. The predicted octanol–water partition coefficient (Wildman–Crippen LogP) is 3.33. The van der Waals surface area contributed by atoms with E-state index in [1.54, 1.807) is 6.08 Å². The quantitative estimate of drug-likeness (QED) is 0.400. The van der Waals surface area contributed by atoms with Crippen LogP contribution < -0.4 is 0 Å². The van der Waals surface area contributed by atoms with E-state index >= 15 is 0 Å². The Morgan fingerprint density at radius 2 is 1.86 bits per heavy atom. The number of aliphatic imine (C=N–C) groups is 1. The molecule has 78 valence electrons. The van der Waals surface area contributed by atoms with Crippen molar-refractivity contribution in [3.63, 3.8) is 0 Å². The number of carbonyl (C=O) groups is 1. The SMILES string of the molecule is CC(=O)/C=C(Cl)\C=C(/C)N=CC(C)C. The second-order valence-electron chi connectivity index (χ2n) is 3.45. The molecule has 0 saturated carbocycles. The fourth-order valence-corrected chi connectivity index (χ4v) is 1.05. The Hall–Kier alpha value is -0.890. The van der Waals surface area contributed by atoms with Gasteiger partial charge < -0.3 is 0 Å². The van der Waals surface area contributed by atoms with Gasteiger partial charge in [-0.2, -0.15) is 0 Å². The smallest absolute Gasteiger partial charge is 0.154 e. The topological polar surface area (TPSA) is 29.4 Å². The minimum Gasteiger partial charge on any atom is -0.295 e. The van der Waals surface area contributed by atoms with Crippen molar-refractivity contribution in [1.82, 2.24) is 0 Å². The average molecular weight is 214 g/mol. The third-order valence-electron chi connectivity index (χ3n) is 1.26. The largest absolute Gasteiger partial charge is 0.295 e. The van der Waals surface area contributed by atoms with Crippen LogP contribution in [0.5, 0.6) is 0 Å². The Kier molecular flexibility index (Phi) is 6.13. The molecule has 0 rings (SSSR count). The zero-order valence-electron chi connectivity index (χ0n) is 9.04. The lowest BCUT2D eigenvalue weighted by atomic mass is 10.2. The Bertz CT molecular complexity index is 288. The minimum atomic E-state index is -0.0631. The lowest BCUT2D eigenvalue weighted by molar-refractivity contribution is -0.112. The van der Waals surface area contributed by atoms with Gasteiger partial charge in [0.2, 0.25) is 0 Å². The van der Waals surface area contributed by atoms with Crippen molar-refractivity contribution in [2.24, 2.45) is 10.9 Å². The van der Waals surface area contributed by atoms with Crippen LogP contribution in [0.1, 0.15) is 27.7 Å². The predicted molar refractivity (Wildman–Crippen MR) is 61.7 cm³/mol. The molecule has 3 heteroatoms. The maximum Gasteiger partial charge on any atom is 0.154 e. The van der Waals surface area contributed by atoms with Crippen molar-refractivity contribution in [1.29, 1.82) is 0 Å². The van der Waals surface area contributed by atoms with Crippen molar-refractivity contribution in [3.05, 3.63) is 22.9 Å². The molecule has 0 aliphatic carbocycles. The lowest BCUT2D eigenvalue weighted by Gasteiger charge is -1.95.